The van der Waals surface area contributed by atoms with E-state index in [0.29, 0.717) is 12.0 Å². The molecule has 2 atom stereocenters. The van der Waals surface area contributed by atoms with Crippen LogP contribution in [0.25, 0.3) is 0 Å². The van der Waals surface area contributed by atoms with Crippen LogP contribution in [0, 0.1) is 5.92 Å². The molecule has 0 bridgehead atoms. The lowest BCUT2D eigenvalue weighted by Gasteiger charge is -2.41. The molecule has 1 N–H and O–H groups in total. The van der Waals surface area contributed by atoms with E-state index < -0.39 is 0 Å². The summed E-state index contributed by atoms with van der Waals surface area (Å²) in [6.45, 7) is 13.4. The molecule has 2 rings (SSSR count). The van der Waals surface area contributed by atoms with Crippen molar-refractivity contribution in [2.75, 3.05) is 44.2 Å². The van der Waals surface area contributed by atoms with Crippen molar-refractivity contribution in [3.63, 3.8) is 0 Å². The summed E-state index contributed by atoms with van der Waals surface area (Å²) >= 11 is 6.30. The van der Waals surface area contributed by atoms with Crippen molar-refractivity contribution < 1.29 is 0 Å². The average molecular weight is 310 g/mol. The van der Waals surface area contributed by atoms with Crippen molar-refractivity contribution in [3.8, 4) is 0 Å². The first kappa shape index (κ1) is 16.6. The first-order chi connectivity index (χ1) is 10.1. The number of nitrogens with one attached hydrogen (secondary N) is 1. The monoisotopic (exact) mass is 309 g/mol. The maximum atomic E-state index is 6.30. The van der Waals surface area contributed by atoms with Crippen LogP contribution in [-0.4, -0.2) is 50.2 Å². The topological polar surface area (TPSA) is 18.5 Å². The Kier molecular flexibility index (Phi) is 6.34. The van der Waals surface area contributed by atoms with Crippen LogP contribution in [0.2, 0.25) is 5.02 Å². The Morgan fingerprint density at radius 3 is 2.43 bits per heavy atom. The van der Waals surface area contributed by atoms with Gasteiger partial charge in [0.15, 0.2) is 0 Å². The number of benzene rings is 1. The zero-order chi connectivity index (χ0) is 15.2. The Labute approximate surface area is 134 Å². The van der Waals surface area contributed by atoms with Gasteiger partial charge in [-0.3, -0.25) is 4.90 Å². The van der Waals surface area contributed by atoms with E-state index in [1.165, 1.54) is 5.69 Å². The highest BCUT2D eigenvalue weighted by Gasteiger charge is 2.25. The molecule has 1 saturated heterocycles. The van der Waals surface area contributed by atoms with Gasteiger partial charge in [-0.05, 0) is 38.1 Å². The van der Waals surface area contributed by atoms with Gasteiger partial charge in [0.2, 0.25) is 0 Å². The van der Waals surface area contributed by atoms with Crippen LogP contribution < -0.4 is 10.2 Å². The largest absolute Gasteiger partial charge is 0.368 e. The highest BCUT2D eigenvalue weighted by molar-refractivity contribution is 6.33. The number of hydrogen-bond donors (Lipinski definition) is 1. The molecule has 0 aliphatic carbocycles. The lowest BCUT2D eigenvalue weighted by molar-refractivity contribution is 0.151. The lowest BCUT2D eigenvalue weighted by Crippen LogP contribution is -2.52. The summed E-state index contributed by atoms with van der Waals surface area (Å²) < 4.78 is 0. The molecule has 1 fully saturated rings. The number of piperazine rings is 1. The molecule has 4 heteroatoms. The number of para-hydroxylation sites is 1. The zero-order valence-electron chi connectivity index (χ0n) is 13.5. The van der Waals surface area contributed by atoms with Crippen LogP contribution in [0.3, 0.4) is 0 Å². The van der Waals surface area contributed by atoms with Crippen molar-refractivity contribution in [3.05, 3.63) is 29.3 Å². The molecular weight excluding hydrogens is 282 g/mol. The molecule has 1 aliphatic rings. The van der Waals surface area contributed by atoms with Gasteiger partial charge in [-0.15, -0.1) is 0 Å². The molecule has 1 aliphatic heterocycles. The minimum Gasteiger partial charge on any atom is -0.368 e. The molecule has 1 aromatic rings. The van der Waals surface area contributed by atoms with Gasteiger partial charge < -0.3 is 10.2 Å². The summed E-state index contributed by atoms with van der Waals surface area (Å²) in [5, 5.41) is 4.32. The van der Waals surface area contributed by atoms with Crippen LogP contribution in [0.4, 0.5) is 5.69 Å². The zero-order valence-corrected chi connectivity index (χ0v) is 14.2. The van der Waals surface area contributed by atoms with Crippen LogP contribution in [0.1, 0.15) is 20.8 Å². The van der Waals surface area contributed by atoms with E-state index in [0.717, 1.165) is 44.3 Å². The van der Waals surface area contributed by atoms with Crippen molar-refractivity contribution in [2.24, 2.45) is 5.92 Å². The SMILES string of the molecule is CCNCC(C)C(C)N1CCN(c2ccccc2Cl)CC1. The predicted molar refractivity (Wildman–Crippen MR) is 92.4 cm³/mol. The minimum atomic E-state index is 0.623. The third-order valence-corrected chi connectivity index (χ3v) is 4.94. The van der Waals surface area contributed by atoms with Crippen LogP contribution in [-0.2, 0) is 0 Å². The van der Waals surface area contributed by atoms with E-state index in [1.807, 2.05) is 12.1 Å². The molecule has 0 spiro atoms. The molecule has 1 heterocycles. The third kappa shape index (κ3) is 4.35. The van der Waals surface area contributed by atoms with Crippen LogP contribution in [0.5, 0.6) is 0 Å². The predicted octanol–water partition coefficient (Wildman–Crippen LogP) is 3.10. The maximum absolute atomic E-state index is 6.30. The van der Waals surface area contributed by atoms with Gasteiger partial charge >= 0.3 is 0 Å². The first-order valence-corrected chi connectivity index (χ1v) is 8.45. The normalized spacial score (nSPS) is 19.5. The molecule has 0 radical (unpaired) electrons. The average Bonchev–Trinajstić information content (AvgIpc) is 2.52. The Bertz CT molecular complexity index is 430. The van der Waals surface area contributed by atoms with Crippen molar-refractivity contribution >= 4 is 17.3 Å². The van der Waals surface area contributed by atoms with Crippen LogP contribution >= 0.6 is 11.6 Å². The Morgan fingerprint density at radius 1 is 1.14 bits per heavy atom. The summed E-state index contributed by atoms with van der Waals surface area (Å²) in [4.78, 5) is 5.01. The molecule has 0 amide bonds. The number of rotatable bonds is 6. The maximum Gasteiger partial charge on any atom is 0.0639 e. The first-order valence-electron chi connectivity index (χ1n) is 8.07. The number of nitrogens with zero attached hydrogens (tertiary/aromatic N) is 2. The fourth-order valence-electron chi connectivity index (χ4n) is 2.98. The van der Waals surface area contributed by atoms with Crippen molar-refractivity contribution in [1.29, 1.82) is 0 Å². The number of hydrogen-bond acceptors (Lipinski definition) is 3. The van der Waals surface area contributed by atoms with Gasteiger partial charge in [-0.25, -0.2) is 0 Å². The molecule has 0 saturated carbocycles. The molecule has 1 aromatic carbocycles. The van der Waals surface area contributed by atoms with Gasteiger partial charge in [-0.2, -0.15) is 0 Å². The second kappa shape index (κ2) is 8.02. The van der Waals surface area contributed by atoms with Gasteiger partial charge in [0, 0.05) is 32.2 Å². The van der Waals surface area contributed by atoms with E-state index in [9.17, 15) is 0 Å². The summed E-state index contributed by atoms with van der Waals surface area (Å²) in [5.41, 5.74) is 1.17. The molecule has 2 unspecified atom stereocenters. The molecule has 3 nitrogen and oxygen atoms in total. The van der Waals surface area contributed by atoms with E-state index in [4.69, 9.17) is 11.6 Å². The summed E-state index contributed by atoms with van der Waals surface area (Å²) in [6, 6.07) is 8.78. The quantitative estimate of drug-likeness (QED) is 0.871. The summed E-state index contributed by atoms with van der Waals surface area (Å²) in [6.07, 6.45) is 0. The van der Waals surface area contributed by atoms with Gasteiger partial charge in [0.1, 0.15) is 0 Å². The summed E-state index contributed by atoms with van der Waals surface area (Å²) in [7, 11) is 0. The standard InChI is InChI=1S/C17H28ClN3/c1-4-19-13-14(2)15(3)20-9-11-21(12-10-20)17-8-6-5-7-16(17)18/h5-8,14-15,19H,4,9-13H2,1-3H3. The number of anilines is 1. The highest BCUT2D eigenvalue weighted by Crippen LogP contribution is 2.26. The second-order valence-electron chi connectivity index (χ2n) is 6.00. The Hall–Kier alpha value is -0.770. The van der Waals surface area contributed by atoms with Crippen molar-refractivity contribution in [2.45, 2.75) is 26.8 Å². The lowest BCUT2D eigenvalue weighted by atomic mass is 10.0. The van der Waals surface area contributed by atoms with Crippen LogP contribution in [0.15, 0.2) is 24.3 Å². The molecule has 21 heavy (non-hydrogen) atoms. The van der Waals surface area contributed by atoms with E-state index in [1.54, 1.807) is 0 Å². The fraction of sp³-hybridized carbons (Fsp3) is 0.647. The molecular formula is C17H28ClN3. The van der Waals surface area contributed by atoms with Crippen molar-refractivity contribution in [1.82, 2.24) is 10.2 Å². The smallest absolute Gasteiger partial charge is 0.0639 e. The van der Waals surface area contributed by atoms with E-state index in [-0.39, 0.29) is 0 Å². The summed E-state index contributed by atoms with van der Waals surface area (Å²) in [5.74, 6) is 0.678. The minimum absolute atomic E-state index is 0.623. The van der Waals surface area contributed by atoms with Gasteiger partial charge in [-0.1, -0.05) is 37.6 Å². The van der Waals surface area contributed by atoms with E-state index >= 15 is 0 Å². The fourth-order valence-corrected chi connectivity index (χ4v) is 3.24. The van der Waals surface area contributed by atoms with E-state index in [2.05, 4.69) is 48.0 Å². The molecule has 118 valence electrons. The third-order valence-electron chi connectivity index (χ3n) is 4.62. The van der Waals surface area contributed by atoms with Gasteiger partial charge in [0.25, 0.3) is 0 Å². The second-order valence-corrected chi connectivity index (χ2v) is 6.41. The number of halogens is 1. The molecule has 0 aromatic heterocycles. The van der Waals surface area contributed by atoms with Gasteiger partial charge in [0.05, 0.1) is 10.7 Å². The Balaban J connectivity index is 1.87. The Morgan fingerprint density at radius 2 is 1.81 bits per heavy atom. The highest BCUT2D eigenvalue weighted by atomic mass is 35.5.